The van der Waals surface area contributed by atoms with Gasteiger partial charge in [0.05, 0.1) is 4.90 Å². The molecule has 1 heterocycles. The van der Waals surface area contributed by atoms with Crippen LogP contribution in [0.25, 0.3) is 0 Å². The molecule has 0 unspecified atom stereocenters. The topological polar surface area (TPSA) is 66.5 Å². The average molecular weight is 421 g/mol. The molecule has 0 aromatic heterocycles. The van der Waals surface area contributed by atoms with Gasteiger partial charge in [0.1, 0.15) is 6.04 Å². The van der Waals surface area contributed by atoms with Gasteiger partial charge in [0, 0.05) is 17.6 Å². The Bertz CT molecular complexity index is 901. The third kappa shape index (κ3) is 4.93. The van der Waals surface area contributed by atoms with Crippen molar-refractivity contribution in [2.24, 2.45) is 0 Å². The van der Waals surface area contributed by atoms with Gasteiger partial charge in [0.25, 0.3) is 0 Å². The zero-order chi connectivity index (χ0) is 20.1. The third-order valence-corrected chi connectivity index (χ3v) is 7.20. The van der Waals surface area contributed by atoms with E-state index in [1.165, 1.54) is 22.0 Å². The molecule has 5 nitrogen and oxygen atoms in total. The lowest BCUT2D eigenvalue weighted by molar-refractivity contribution is -0.124. The van der Waals surface area contributed by atoms with Gasteiger partial charge in [-0.05, 0) is 62.4 Å². The fourth-order valence-electron chi connectivity index (χ4n) is 3.47. The highest BCUT2D eigenvalue weighted by atomic mass is 35.5. The Morgan fingerprint density at radius 2 is 1.86 bits per heavy atom. The third-order valence-electron chi connectivity index (χ3n) is 5.02. The fourth-order valence-corrected chi connectivity index (χ4v) is 5.25. The molecule has 2 aromatic carbocycles. The number of benzene rings is 2. The summed E-state index contributed by atoms with van der Waals surface area (Å²) in [4.78, 5) is 12.9. The largest absolute Gasteiger partial charge is 0.352 e. The zero-order valence-corrected chi connectivity index (χ0v) is 17.4. The van der Waals surface area contributed by atoms with Crippen LogP contribution >= 0.6 is 11.6 Å². The van der Waals surface area contributed by atoms with Gasteiger partial charge >= 0.3 is 0 Å². The first-order valence-electron chi connectivity index (χ1n) is 9.49. The van der Waals surface area contributed by atoms with Crippen molar-refractivity contribution in [2.45, 2.75) is 49.6 Å². The number of carbonyl (C=O) groups excluding carboxylic acids is 1. The van der Waals surface area contributed by atoms with E-state index in [-0.39, 0.29) is 16.8 Å². The van der Waals surface area contributed by atoms with Crippen molar-refractivity contribution < 1.29 is 13.2 Å². The number of amides is 1. The van der Waals surface area contributed by atoms with Gasteiger partial charge < -0.3 is 5.32 Å². The normalized spacial score (nSPS) is 18.7. The molecule has 2 atom stereocenters. The van der Waals surface area contributed by atoms with E-state index >= 15 is 0 Å². The molecular weight excluding hydrogens is 396 g/mol. The summed E-state index contributed by atoms with van der Waals surface area (Å²) in [7, 11) is -3.73. The van der Waals surface area contributed by atoms with Crippen LogP contribution in [0, 0.1) is 0 Å². The van der Waals surface area contributed by atoms with Crippen LogP contribution in [0.2, 0.25) is 5.02 Å². The summed E-state index contributed by atoms with van der Waals surface area (Å²) in [5.41, 5.74) is 1.22. The zero-order valence-electron chi connectivity index (χ0n) is 15.8. The van der Waals surface area contributed by atoms with Crippen LogP contribution in [0.5, 0.6) is 0 Å². The van der Waals surface area contributed by atoms with Gasteiger partial charge in [-0.15, -0.1) is 0 Å². The monoisotopic (exact) mass is 420 g/mol. The van der Waals surface area contributed by atoms with Gasteiger partial charge in [0.15, 0.2) is 0 Å². The summed E-state index contributed by atoms with van der Waals surface area (Å²) >= 11 is 5.86. The van der Waals surface area contributed by atoms with Crippen LogP contribution in [0.3, 0.4) is 0 Å². The maximum atomic E-state index is 13.0. The van der Waals surface area contributed by atoms with E-state index in [1.54, 1.807) is 12.1 Å². The number of hydrogen-bond acceptors (Lipinski definition) is 3. The van der Waals surface area contributed by atoms with Gasteiger partial charge in [-0.2, -0.15) is 4.31 Å². The van der Waals surface area contributed by atoms with E-state index in [9.17, 15) is 13.2 Å². The first kappa shape index (κ1) is 20.8. The number of nitrogens with one attached hydrogen (secondary N) is 1. The minimum atomic E-state index is -3.73. The van der Waals surface area contributed by atoms with E-state index < -0.39 is 16.1 Å². The highest BCUT2D eigenvalue weighted by molar-refractivity contribution is 7.89. The predicted molar refractivity (Wildman–Crippen MR) is 111 cm³/mol. The predicted octanol–water partition coefficient (Wildman–Crippen LogP) is 3.63. The Morgan fingerprint density at radius 3 is 2.54 bits per heavy atom. The van der Waals surface area contributed by atoms with Crippen LogP contribution in [0.4, 0.5) is 0 Å². The Morgan fingerprint density at radius 1 is 1.18 bits per heavy atom. The summed E-state index contributed by atoms with van der Waals surface area (Å²) < 4.78 is 27.2. The molecule has 150 valence electrons. The lowest BCUT2D eigenvalue weighted by Gasteiger charge is -2.25. The summed E-state index contributed by atoms with van der Waals surface area (Å²) in [5.74, 6) is -0.226. The first-order chi connectivity index (χ1) is 13.4. The minimum absolute atomic E-state index is 0.0339. The smallest absolute Gasteiger partial charge is 0.243 e. The molecule has 1 N–H and O–H groups in total. The molecule has 0 saturated carbocycles. The van der Waals surface area contributed by atoms with Gasteiger partial charge in [0.2, 0.25) is 15.9 Å². The number of nitrogens with zero attached hydrogens (tertiary/aromatic N) is 1. The van der Waals surface area contributed by atoms with E-state index in [4.69, 9.17) is 11.6 Å². The maximum absolute atomic E-state index is 13.0. The molecule has 1 amide bonds. The molecule has 0 aliphatic carbocycles. The van der Waals surface area contributed by atoms with Crippen molar-refractivity contribution in [3.63, 3.8) is 0 Å². The van der Waals surface area contributed by atoms with Gasteiger partial charge in [-0.3, -0.25) is 4.79 Å². The Labute approximate surface area is 171 Å². The molecule has 0 radical (unpaired) electrons. The molecule has 0 spiro atoms. The molecule has 1 fully saturated rings. The van der Waals surface area contributed by atoms with E-state index in [0.717, 1.165) is 12.8 Å². The second-order valence-electron chi connectivity index (χ2n) is 7.16. The second kappa shape index (κ2) is 9.07. The Hall–Kier alpha value is -1.89. The SMILES string of the molecule is C[C@H](CCc1ccccc1)NC(=O)[C@@H]1CCCN1S(=O)(=O)c1ccc(Cl)cc1. The van der Waals surface area contributed by atoms with Crippen molar-refractivity contribution in [1.82, 2.24) is 9.62 Å². The minimum Gasteiger partial charge on any atom is -0.352 e. The van der Waals surface area contributed by atoms with E-state index in [1.807, 2.05) is 25.1 Å². The number of sulfonamides is 1. The van der Waals surface area contributed by atoms with Crippen molar-refractivity contribution in [2.75, 3.05) is 6.54 Å². The van der Waals surface area contributed by atoms with Crippen LogP contribution in [-0.4, -0.2) is 37.3 Å². The number of carbonyl (C=O) groups is 1. The summed E-state index contributed by atoms with van der Waals surface area (Å²) in [6.07, 6.45) is 2.86. The molecule has 7 heteroatoms. The standard InChI is InChI=1S/C21H25ClN2O3S/c1-16(9-10-17-6-3-2-4-7-17)23-21(25)20-8-5-15-24(20)28(26,27)19-13-11-18(22)12-14-19/h2-4,6-7,11-14,16,20H,5,8-10,15H2,1H3,(H,23,25)/t16-,20+/m1/s1. The summed E-state index contributed by atoms with van der Waals surface area (Å²) in [6.45, 7) is 2.30. The number of halogens is 1. The van der Waals surface area contributed by atoms with Crippen molar-refractivity contribution >= 4 is 27.5 Å². The molecule has 0 bridgehead atoms. The van der Waals surface area contributed by atoms with Crippen LogP contribution in [-0.2, 0) is 21.2 Å². The quantitative estimate of drug-likeness (QED) is 0.743. The number of aryl methyl sites for hydroxylation is 1. The van der Waals surface area contributed by atoms with Crippen LogP contribution in [0.15, 0.2) is 59.5 Å². The van der Waals surface area contributed by atoms with Crippen molar-refractivity contribution in [3.8, 4) is 0 Å². The molecular formula is C21H25ClN2O3S. The lowest BCUT2D eigenvalue weighted by atomic mass is 10.1. The first-order valence-corrected chi connectivity index (χ1v) is 11.3. The highest BCUT2D eigenvalue weighted by Crippen LogP contribution is 2.27. The van der Waals surface area contributed by atoms with Crippen molar-refractivity contribution in [3.05, 3.63) is 65.2 Å². The highest BCUT2D eigenvalue weighted by Gasteiger charge is 2.39. The molecule has 1 aliphatic rings. The number of hydrogen-bond donors (Lipinski definition) is 1. The van der Waals surface area contributed by atoms with Gasteiger partial charge in [-0.1, -0.05) is 41.9 Å². The molecule has 1 aliphatic heterocycles. The molecule has 3 rings (SSSR count). The molecule has 2 aromatic rings. The maximum Gasteiger partial charge on any atom is 0.243 e. The van der Waals surface area contributed by atoms with Crippen molar-refractivity contribution in [1.29, 1.82) is 0 Å². The van der Waals surface area contributed by atoms with E-state index in [0.29, 0.717) is 24.4 Å². The lowest BCUT2D eigenvalue weighted by Crippen LogP contribution is -2.48. The average Bonchev–Trinajstić information content (AvgIpc) is 3.18. The second-order valence-corrected chi connectivity index (χ2v) is 9.49. The van der Waals surface area contributed by atoms with Crippen LogP contribution < -0.4 is 5.32 Å². The molecule has 1 saturated heterocycles. The van der Waals surface area contributed by atoms with E-state index in [2.05, 4.69) is 17.4 Å². The van der Waals surface area contributed by atoms with Gasteiger partial charge in [-0.25, -0.2) is 8.42 Å². The number of rotatable bonds is 7. The van der Waals surface area contributed by atoms with Crippen LogP contribution in [0.1, 0.15) is 31.7 Å². The Kier molecular flexibility index (Phi) is 6.75. The molecule has 28 heavy (non-hydrogen) atoms. The summed E-state index contributed by atoms with van der Waals surface area (Å²) in [6, 6.07) is 15.4. The Balaban J connectivity index is 1.63. The fraction of sp³-hybridized carbons (Fsp3) is 0.381. The summed E-state index contributed by atoms with van der Waals surface area (Å²) in [5, 5.41) is 3.46.